The molecule has 0 saturated heterocycles. The third kappa shape index (κ3) is 13.1. The minimum atomic E-state index is -4.36. The minimum Gasteiger partial charge on any atom is -0.469 e. The number of nitrogens with one attached hydrogen (secondary N) is 1. The van der Waals surface area contributed by atoms with Gasteiger partial charge in [-0.15, -0.1) is 0 Å². The van der Waals surface area contributed by atoms with Crippen molar-refractivity contribution in [3.63, 3.8) is 0 Å². The number of ether oxygens (including phenoxy) is 2. The van der Waals surface area contributed by atoms with E-state index in [0.717, 1.165) is 6.42 Å². The molecule has 0 bridgehead atoms. The van der Waals surface area contributed by atoms with Crippen molar-refractivity contribution in [1.82, 2.24) is 5.32 Å². The van der Waals surface area contributed by atoms with Crippen molar-refractivity contribution in [1.29, 1.82) is 0 Å². The van der Waals surface area contributed by atoms with Crippen LogP contribution in [0.15, 0.2) is 0 Å². The van der Waals surface area contributed by atoms with E-state index in [-0.39, 0.29) is 24.9 Å². The standard InChI is InChI=1S/C12H20F3NO4/c1-19-11(18)5-3-2-4-7-16-10(17)6-8-20-9-12(13,14)15/h2-9H2,1H3,(H,16,17). The molecule has 0 aliphatic heterocycles. The fourth-order valence-corrected chi connectivity index (χ4v) is 1.34. The van der Waals surface area contributed by atoms with E-state index in [0.29, 0.717) is 25.8 Å². The van der Waals surface area contributed by atoms with Crippen LogP contribution in [0.4, 0.5) is 13.2 Å². The molecule has 0 rings (SSSR count). The molecular formula is C12H20F3NO4. The highest BCUT2D eigenvalue weighted by atomic mass is 19.4. The first-order valence-corrected chi connectivity index (χ1v) is 6.33. The Hall–Kier alpha value is -1.31. The smallest absolute Gasteiger partial charge is 0.411 e. The molecule has 20 heavy (non-hydrogen) atoms. The van der Waals surface area contributed by atoms with Crippen molar-refractivity contribution in [2.45, 2.75) is 38.3 Å². The molecule has 0 heterocycles. The number of carbonyl (C=O) groups excluding carboxylic acids is 2. The largest absolute Gasteiger partial charge is 0.469 e. The molecule has 0 aliphatic carbocycles. The minimum absolute atomic E-state index is 0.0990. The third-order valence-electron chi connectivity index (χ3n) is 2.35. The van der Waals surface area contributed by atoms with Crippen molar-refractivity contribution in [2.24, 2.45) is 0 Å². The van der Waals surface area contributed by atoms with E-state index < -0.39 is 12.8 Å². The maximum atomic E-state index is 11.7. The van der Waals surface area contributed by atoms with Crippen LogP contribution in [0, 0.1) is 0 Å². The van der Waals surface area contributed by atoms with E-state index in [1.165, 1.54) is 7.11 Å². The monoisotopic (exact) mass is 299 g/mol. The van der Waals surface area contributed by atoms with Crippen LogP contribution in [-0.4, -0.2) is 44.9 Å². The summed E-state index contributed by atoms with van der Waals surface area (Å²) in [4.78, 5) is 22.0. The summed E-state index contributed by atoms with van der Waals surface area (Å²) < 4.78 is 44.0. The van der Waals surface area contributed by atoms with E-state index >= 15 is 0 Å². The Balaban J connectivity index is 3.35. The summed E-state index contributed by atoms with van der Waals surface area (Å²) in [6.45, 7) is -1.17. The van der Waals surface area contributed by atoms with Gasteiger partial charge in [0, 0.05) is 19.4 Å². The Morgan fingerprint density at radius 1 is 1.10 bits per heavy atom. The highest BCUT2D eigenvalue weighted by Crippen LogP contribution is 2.14. The average molecular weight is 299 g/mol. The summed E-state index contributed by atoms with van der Waals surface area (Å²) in [6, 6.07) is 0. The number of methoxy groups -OCH3 is 1. The first kappa shape index (κ1) is 18.7. The molecule has 0 aromatic rings. The van der Waals surface area contributed by atoms with Crippen LogP contribution in [0.25, 0.3) is 0 Å². The van der Waals surface area contributed by atoms with Gasteiger partial charge >= 0.3 is 12.1 Å². The van der Waals surface area contributed by atoms with Gasteiger partial charge in [-0.05, 0) is 12.8 Å². The molecule has 118 valence electrons. The summed E-state index contributed by atoms with van der Waals surface area (Å²) in [5.74, 6) is -0.615. The molecule has 0 saturated carbocycles. The van der Waals surface area contributed by atoms with Gasteiger partial charge in [0.15, 0.2) is 0 Å². The first-order chi connectivity index (χ1) is 9.35. The van der Waals surface area contributed by atoms with E-state index in [9.17, 15) is 22.8 Å². The Bertz CT molecular complexity index is 295. The number of carbonyl (C=O) groups is 2. The fourth-order valence-electron chi connectivity index (χ4n) is 1.34. The van der Waals surface area contributed by atoms with Crippen LogP contribution in [0.5, 0.6) is 0 Å². The lowest BCUT2D eigenvalue weighted by atomic mass is 10.2. The van der Waals surface area contributed by atoms with Crippen LogP contribution in [0.1, 0.15) is 32.1 Å². The van der Waals surface area contributed by atoms with Gasteiger partial charge in [-0.2, -0.15) is 13.2 Å². The number of esters is 1. The highest BCUT2D eigenvalue weighted by molar-refractivity contribution is 5.75. The summed E-state index contributed by atoms with van der Waals surface area (Å²) >= 11 is 0. The molecule has 0 unspecified atom stereocenters. The molecule has 8 heteroatoms. The van der Waals surface area contributed by atoms with Gasteiger partial charge in [0.2, 0.25) is 5.91 Å². The Labute approximate surface area is 115 Å². The lowest BCUT2D eigenvalue weighted by molar-refractivity contribution is -0.174. The van der Waals surface area contributed by atoms with Gasteiger partial charge in [-0.25, -0.2) is 0 Å². The molecule has 1 N–H and O–H groups in total. The van der Waals surface area contributed by atoms with E-state index in [2.05, 4.69) is 14.8 Å². The lowest BCUT2D eigenvalue weighted by Gasteiger charge is -2.08. The second-order valence-electron chi connectivity index (χ2n) is 4.15. The molecule has 0 atom stereocenters. The zero-order chi connectivity index (χ0) is 15.4. The Morgan fingerprint density at radius 2 is 1.80 bits per heavy atom. The molecule has 0 spiro atoms. The second-order valence-corrected chi connectivity index (χ2v) is 4.15. The van der Waals surface area contributed by atoms with Crippen LogP contribution in [0.3, 0.4) is 0 Å². The number of hydrogen-bond donors (Lipinski definition) is 1. The van der Waals surface area contributed by atoms with Gasteiger partial charge in [-0.1, -0.05) is 6.42 Å². The van der Waals surface area contributed by atoms with Gasteiger partial charge in [0.05, 0.1) is 13.7 Å². The lowest BCUT2D eigenvalue weighted by Crippen LogP contribution is -2.26. The van der Waals surface area contributed by atoms with E-state index in [4.69, 9.17) is 0 Å². The normalized spacial score (nSPS) is 11.2. The Kier molecular flexibility index (Phi) is 9.79. The molecular weight excluding hydrogens is 279 g/mol. The molecule has 0 radical (unpaired) electrons. The van der Waals surface area contributed by atoms with Crippen molar-refractivity contribution in [2.75, 3.05) is 26.9 Å². The van der Waals surface area contributed by atoms with Crippen molar-refractivity contribution >= 4 is 11.9 Å². The quantitative estimate of drug-likeness (QED) is 0.493. The highest BCUT2D eigenvalue weighted by Gasteiger charge is 2.27. The van der Waals surface area contributed by atoms with Crippen molar-refractivity contribution < 1.29 is 32.2 Å². The topological polar surface area (TPSA) is 64.6 Å². The molecule has 0 fully saturated rings. The molecule has 5 nitrogen and oxygen atoms in total. The number of amides is 1. The first-order valence-electron chi connectivity index (χ1n) is 6.33. The zero-order valence-corrected chi connectivity index (χ0v) is 11.4. The van der Waals surface area contributed by atoms with E-state index in [1.807, 2.05) is 0 Å². The van der Waals surface area contributed by atoms with Crippen LogP contribution < -0.4 is 5.32 Å². The second kappa shape index (κ2) is 10.5. The molecule has 0 aromatic heterocycles. The maximum Gasteiger partial charge on any atom is 0.411 e. The van der Waals surface area contributed by atoms with Gasteiger partial charge in [0.1, 0.15) is 6.61 Å². The molecule has 0 aliphatic rings. The number of hydrogen-bond acceptors (Lipinski definition) is 4. The Morgan fingerprint density at radius 3 is 2.40 bits per heavy atom. The number of alkyl halides is 3. The average Bonchev–Trinajstić information content (AvgIpc) is 2.37. The van der Waals surface area contributed by atoms with Crippen LogP contribution in [-0.2, 0) is 19.1 Å². The molecule has 0 aromatic carbocycles. The van der Waals surface area contributed by atoms with Gasteiger partial charge in [-0.3, -0.25) is 9.59 Å². The third-order valence-corrected chi connectivity index (χ3v) is 2.35. The van der Waals surface area contributed by atoms with Gasteiger partial charge < -0.3 is 14.8 Å². The summed E-state index contributed by atoms with van der Waals surface area (Å²) in [6.07, 6.45) is -1.98. The summed E-state index contributed by atoms with van der Waals surface area (Å²) in [5.41, 5.74) is 0. The summed E-state index contributed by atoms with van der Waals surface area (Å²) in [5, 5.41) is 2.57. The SMILES string of the molecule is COC(=O)CCCCCNC(=O)CCOCC(F)(F)F. The van der Waals surface area contributed by atoms with Crippen molar-refractivity contribution in [3.8, 4) is 0 Å². The fraction of sp³-hybridized carbons (Fsp3) is 0.833. The van der Waals surface area contributed by atoms with Crippen molar-refractivity contribution in [3.05, 3.63) is 0 Å². The number of halogens is 3. The number of rotatable bonds is 10. The predicted octanol–water partition coefficient (Wildman–Crippen LogP) is 1.80. The predicted molar refractivity (Wildman–Crippen MR) is 65.0 cm³/mol. The maximum absolute atomic E-state index is 11.7. The van der Waals surface area contributed by atoms with Crippen LogP contribution in [0.2, 0.25) is 0 Å². The number of unbranched alkanes of at least 4 members (excludes halogenated alkanes) is 2. The summed E-state index contributed by atoms with van der Waals surface area (Å²) in [7, 11) is 1.32. The zero-order valence-electron chi connectivity index (χ0n) is 11.4. The van der Waals surface area contributed by atoms with E-state index in [1.54, 1.807) is 0 Å². The van der Waals surface area contributed by atoms with Gasteiger partial charge in [0.25, 0.3) is 0 Å². The van der Waals surface area contributed by atoms with Crippen LogP contribution >= 0.6 is 0 Å². The molecule has 1 amide bonds.